The molecule has 1 fully saturated rings. The molecule has 1 amide bonds. The van der Waals surface area contributed by atoms with E-state index in [-0.39, 0.29) is 18.0 Å². The number of aromatic nitrogens is 3. The van der Waals surface area contributed by atoms with Crippen molar-refractivity contribution in [3.05, 3.63) is 41.7 Å². The van der Waals surface area contributed by atoms with Gasteiger partial charge in [-0.05, 0) is 50.8 Å². The van der Waals surface area contributed by atoms with E-state index in [4.69, 9.17) is 5.73 Å². The number of nitrogens with zero attached hydrogens (tertiary/aromatic N) is 4. The highest BCUT2D eigenvalue weighted by Gasteiger charge is 2.31. The quantitative estimate of drug-likeness (QED) is 0.939. The van der Waals surface area contributed by atoms with Gasteiger partial charge in [0.15, 0.2) is 5.69 Å². The van der Waals surface area contributed by atoms with Gasteiger partial charge < -0.3 is 10.6 Å². The lowest BCUT2D eigenvalue weighted by molar-refractivity contribution is 0.0577. The predicted molar refractivity (Wildman–Crippen MR) is 88.4 cm³/mol. The molecule has 0 aliphatic carbocycles. The largest absolute Gasteiger partial charge is 0.333 e. The molecule has 0 spiro atoms. The van der Waals surface area contributed by atoms with Gasteiger partial charge in [-0.15, -0.1) is 5.10 Å². The molecule has 2 atom stereocenters. The Morgan fingerprint density at radius 3 is 2.96 bits per heavy atom. The molecule has 1 aliphatic heterocycles. The third kappa shape index (κ3) is 3.27. The normalized spacial score (nSPS) is 19.6. The minimum absolute atomic E-state index is 0.0360. The molecule has 6 heteroatoms. The van der Waals surface area contributed by atoms with Crippen molar-refractivity contribution < 1.29 is 4.79 Å². The maximum absolute atomic E-state index is 12.8. The number of benzene rings is 1. The molecule has 1 aromatic carbocycles. The van der Waals surface area contributed by atoms with E-state index in [2.05, 4.69) is 10.3 Å². The Kier molecular flexibility index (Phi) is 4.43. The number of amides is 1. The van der Waals surface area contributed by atoms with Crippen molar-refractivity contribution in [1.82, 2.24) is 19.9 Å². The van der Waals surface area contributed by atoms with Crippen molar-refractivity contribution in [2.75, 3.05) is 6.54 Å². The van der Waals surface area contributed by atoms with Crippen LogP contribution in [0.25, 0.3) is 5.69 Å². The maximum atomic E-state index is 12.8. The molecule has 1 aromatic heterocycles. The Labute approximate surface area is 136 Å². The smallest absolute Gasteiger partial charge is 0.276 e. The van der Waals surface area contributed by atoms with Crippen molar-refractivity contribution in [3.8, 4) is 5.69 Å². The molecular formula is C17H23N5O. The lowest BCUT2D eigenvalue weighted by Gasteiger charge is -2.37. The van der Waals surface area contributed by atoms with Crippen LogP contribution in [0.15, 0.2) is 30.5 Å². The fourth-order valence-electron chi connectivity index (χ4n) is 3.16. The van der Waals surface area contributed by atoms with Gasteiger partial charge in [-0.25, -0.2) is 4.68 Å². The number of hydrogen-bond acceptors (Lipinski definition) is 4. The van der Waals surface area contributed by atoms with Crippen LogP contribution in [0, 0.1) is 6.92 Å². The Balaban J connectivity index is 1.83. The Morgan fingerprint density at radius 1 is 1.39 bits per heavy atom. The number of aryl methyl sites for hydroxylation is 1. The van der Waals surface area contributed by atoms with Gasteiger partial charge >= 0.3 is 0 Å². The molecule has 3 rings (SSSR count). The summed E-state index contributed by atoms with van der Waals surface area (Å²) in [4.78, 5) is 14.6. The first-order valence-electron chi connectivity index (χ1n) is 8.12. The molecule has 1 aliphatic rings. The standard InChI is InChI=1S/C17H23N5O/c1-12-6-5-7-14(10-12)22-11-15(19-20-22)17(23)21-9-4-3-8-16(21)13(2)18/h5-7,10-11,13,16H,3-4,8-9,18H2,1-2H3/t13-,16-/m1/s1. The van der Waals surface area contributed by atoms with E-state index in [1.54, 1.807) is 10.9 Å². The van der Waals surface area contributed by atoms with E-state index in [0.29, 0.717) is 5.69 Å². The zero-order valence-electron chi connectivity index (χ0n) is 13.6. The molecule has 0 bridgehead atoms. The predicted octanol–water partition coefficient (Wildman–Crippen LogP) is 1.92. The van der Waals surface area contributed by atoms with Crippen LogP contribution < -0.4 is 5.73 Å². The average Bonchev–Trinajstić information content (AvgIpc) is 3.04. The second-order valence-electron chi connectivity index (χ2n) is 6.31. The molecule has 0 saturated carbocycles. The molecule has 23 heavy (non-hydrogen) atoms. The molecule has 122 valence electrons. The molecule has 2 heterocycles. The molecule has 1 saturated heterocycles. The highest BCUT2D eigenvalue weighted by atomic mass is 16.2. The SMILES string of the molecule is Cc1cccc(-n2cc(C(=O)N3CCCC[C@@H]3[C@@H](C)N)nn2)c1. The Bertz CT molecular complexity index is 694. The van der Waals surface area contributed by atoms with E-state index >= 15 is 0 Å². The number of carbonyl (C=O) groups excluding carboxylic acids is 1. The summed E-state index contributed by atoms with van der Waals surface area (Å²) in [7, 11) is 0. The first-order valence-corrected chi connectivity index (χ1v) is 8.12. The zero-order valence-corrected chi connectivity index (χ0v) is 13.6. The summed E-state index contributed by atoms with van der Waals surface area (Å²) in [6, 6.07) is 7.99. The van der Waals surface area contributed by atoms with Gasteiger partial charge in [0.2, 0.25) is 0 Å². The number of hydrogen-bond donors (Lipinski definition) is 1. The summed E-state index contributed by atoms with van der Waals surface area (Å²) in [5.41, 5.74) is 8.47. The lowest BCUT2D eigenvalue weighted by Crippen LogP contribution is -2.51. The van der Waals surface area contributed by atoms with E-state index in [1.807, 2.05) is 43.0 Å². The summed E-state index contributed by atoms with van der Waals surface area (Å²) < 4.78 is 1.64. The molecule has 6 nitrogen and oxygen atoms in total. The second kappa shape index (κ2) is 6.50. The first-order chi connectivity index (χ1) is 11.1. The fourth-order valence-corrected chi connectivity index (χ4v) is 3.16. The summed E-state index contributed by atoms with van der Waals surface area (Å²) in [5, 5.41) is 8.17. The third-order valence-corrected chi connectivity index (χ3v) is 4.40. The van der Waals surface area contributed by atoms with Crippen LogP contribution in [-0.2, 0) is 0 Å². The van der Waals surface area contributed by atoms with Crippen LogP contribution in [0.3, 0.4) is 0 Å². The zero-order chi connectivity index (χ0) is 16.4. The third-order valence-electron chi connectivity index (χ3n) is 4.40. The molecule has 2 N–H and O–H groups in total. The number of likely N-dealkylation sites (tertiary alicyclic amines) is 1. The Morgan fingerprint density at radius 2 is 2.22 bits per heavy atom. The van der Waals surface area contributed by atoms with Crippen molar-refractivity contribution in [3.63, 3.8) is 0 Å². The molecule has 2 aromatic rings. The van der Waals surface area contributed by atoms with Gasteiger partial charge in [-0.1, -0.05) is 17.3 Å². The summed E-state index contributed by atoms with van der Waals surface area (Å²) in [5.74, 6) is -0.0779. The van der Waals surface area contributed by atoms with Gasteiger partial charge in [0.05, 0.1) is 11.9 Å². The van der Waals surface area contributed by atoms with Crippen LogP contribution in [-0.4, -0.2) is 44.4 Å². The molecule has 0 unspecified atom stereocenters. The van der Waals surface area contributed by atoms with Crippen LogP contribution in [0.4, 0.5) is 0 Å². The van der Waals surface area contributed by atoms with Crippen molar-refractivity contribution >= 4 is 5.91 Å². The summed E-state index contributed by atoms with van der Waals surface area (Å²) >= 11 is 0. The van der Waals surface area contributed by atoms with Crippen LogP contribution in [0.5, 0.6) is 0 Å². The number of carbonyl (C=O) groups is 1. The second-order valence-corrected chi connectivity index (χ2v) is 6.31. The van der Waals surface area contributed by atoms with E-state index in [9.17, 15) is 4.79 Å². The fraction of sp³-hybridized carbons (Fsp3) is 0.471. The first kappa shape index (κ1) is 15.7. The molecular weight excluding hydrogens is 290 g/mol. The van der Waals surface area contributed by atoms with Gasteiger partial charge in [-0.2, -0.15) is 0 Å². The van der Waals surface area contributed by atoms with Crippen molar-refractivity contribution in [1.29, 1.82) is 0 Å². The molecule has 0 radical (unpaired) electrons. The van der Waals surface area contributed by atoms with Gasteiger partial charge in [0.25, 0.3) is 5.91 Å². The monoisotopic (exact) mass is 313 g/mol. The highest BCUT2D eigenvalue weighted by molar-refractivity contribution is 5.92. The number of piperidine rings is 1. The summed E-state index contributed by atoms with van der Waals surface area (Å²) in [6.07, 6.45) is 4.78. The topological polar surface area (TPSA) is 77.0 Å². The Hall–Kier alpha value is -2.21. The summed E-state index contributed by atoms with van der Waals surface area (Å²) in [6.45, 7) is 4.72. The minimum Gasteiger partial charge on any atom is -0.333 e. The average molecular weight is 313 g/mol. The lowest BCUT2D eigenvalue weighted by atomic mass is 9.96. The minimum atomic E-state index is -0.0779. The van der Waals surface area contributed by atoms with Gasteiger partial charge in [0.1, 0.15) is 0 Å². The number of rotatable bonds is 3. The highest BCUT2D eigenvalue weighted by Crippen LogP contribution is 2.21. The van der Waals surface area contributed by atoms with Gasteiger partial charge in [-0.3, -0.25) is 4.79 Å². The van der Waals surface area contributed by atoms with Crippen molar-refractivity contribution in [2.45, 2.75) is 45.2 Å². The number of nitrogens with two attached hydrogens (primary N) is 1. The van der Waals surface area contributed by atoms with Gasteiger partial charge in [0, 0.05) is 18.6 Å². The van der Waals surface area contributed by atoms with E-state index < -0.39 is 0 Å². The maximum Gasteiger partial charge on any atom is 0.276 e. The van der Waals surface area contributed by atoms with Crippen LogP contribution >= 0.6 is 0 Å². The van der Waals surface area contributed by atoms with Crippen molar-refractivity contribution in [2.24, 2.45) is 5.73 Å². The van der Waals surface area contributed by atoms with Crippen LogP contribution in [0.2, 0.25) is 0 Å². The van der Waals surface area contributed by atoms with E-state index in [1.165, 1.54) is 0 Å². The van der Waals surface area contributed by atoms with Crippen LogP contribution in [0.1, 0.15) is 42.2 Å². The van der Waals surface area contributed by atoms with E-state index in [0.717, 1.165) is 37.1 Å².